The number of urea groups is 1. The average molecular weight is 344 g/mol. The standard InChI is InChI=1S/C19H28N4O2/c1-14(2)23-17(24)19(3,21-18(23)25)15-7-6-11-22(13-15)12-9-16-8-4-5-10-20-16/h4-5,8,10,14-15H,6-7,9,11-13H2,1-3H3,(H,21,25)/t15-,19+/m0/s1. The molecule has 2 fully saturated rings. The number of hydrogen-bond acceptors (Lipinski definition) is 4. The molecule has 3 heterocycles. The number of carbonyl (C=O) groups is 2. The van der Waals surface area contributed by atoms with Crippen LogP contribution >= 0.6 is 0 Å². The Bertz CT molecular complexity index is 634. The minimum Gasteiger partial charge on any atom is -0.323 e. The third-order valence-corrected chi connectivity index (χ3v) is 5.50. The predicted octanol–water partition coefficient (Wildman–Crippen LogP) is 2.05. The summed E-state index contributed by atoms with van der Waals surface area (Å²) in [4.78, 5) is 33.3. The van der Waals surface area contributed by atoms with Gasteiger partial charge in [-0.1, -0.05) is 6.07 Å². The van der Waals surface area contributed by atoms with Crippen LogP contribution in [0.4, 0.5) is 4.79 Å². The van der Waals surface area contributed by atoms with Crippen molar-refractivity contribution in [2.24, 2.45) is 5.92 Å². The van der Waals surface area contributed by atoms with Crippen LogP contribution in [0.25, 0.3) is 0 Å². The molecule has 3 rings (SSSR count). The van der Waals surface area contributed by atoms with Crippen molar-refractivity contribution >= 4 is 11.9 Å². The van der Waals surface area contributed by atoms with E-state index in [1.807, 2.05) is 45.2 Å². The summed E-state index contributed by atoms with van der Waals surface area (Å²) in [6, 6.07) is 5.61. The molecule has 0 bridgehead atoms. The van der Waals surface area contributed by atoms with Crippen LogP contribution in [-0.4, -0.2) is 57.9 Å². The summed E-state index contributed by atoms with van der Waals surface area (Å²) in [5, 5.41) is 2.97. The average Bonchev–Trinajstić information content (AvgIpc) is 2.84. The van der Waals surface area contributed by atoms with E-state index in [2.05, 4.69) is 15.2 Å². The van der Waals surface area contributed by atoms with Crippen LogP contribution in [0.3, 0.4) is 0 Å². The van der Waals surface area contributed by atoms with E-state index >= 15 is 0 Å². The normalized spacial score (nSPS) is 27.8. The molecule has 1 N–H and O–H groups in total. The molecular formula is C19H28N4O2. The second-order valence-corrected chi connectivity index (χ2v) is 7.61. The van der Waals surface area contributed by atoms with Crippen molar-refractivity contribution in [2.75, 3.05) is 19.6 Å². The van der Waals surface area contributed by atoms with E-state index in [0.717, 1.165) is 44.6 Å². The largest absolute Gasteiger partial charge is 0.325 e. The zero-order chi connectivity index (χ0) is 18.0. The summed E-state index contributed by atoms with van der Waals surface area (Å²) in [6.07, 6.45) is 4.74. The molecule has 2 saturated heterocycles. The van der Waals surface area contributed by atoms with Crippen molar-refractivity contribution in [3.05, 3.63) is 30.1 Å². The quantitative estimate of drug-likeness (QED) is 0.831. The number of likely N-dealkylation sites (tertiary alicyclic amines) is 1. The molecule has 3 amide bonds. The van der Waals surface area contributed by atoms with Crippen molar-refractivity contribution < 1.29 is 9.59 Å². The summed E-state index contributed by atoms with van der Waals surface area (Å²) in [7, 11) is 0. The fraction of sp³-hybridized carbons (Fsp3) is 0.632. The van der Waals surface area contributed by atoms with Gasteiger partial charge in [-0.3, -0.25) is 14.7 Å². The number of rotatable bonds is 5. The summed E-state index contributed by atoms with van der Waals surface area (Å²) < 4.78 is 0. The van der Waals surface area contributed by atoms with Crippen LogP contribution in [0.15, 0.2) is 24.4 Å². The van der Waals surface area contributed by atoms with Crippen LogP contribution in [0.5, 0.6) is 0 Å². The SMILES string of the molecule is CC(C)N1C(=O)N[C@](C)([C@H]2CCCN(CCc3ccccn3)C2)C1=O. The van der Waals surface area contributed by atoms with Gasteiger partial charge in [-0.05, 0) is 52.3 Å². The lowest BCUT2D eigenvalue weighted by Gasteiger charge is -2.40. The zero-order valence-corrected chi connectivity index (χ0v) is 15.4. The van der Waals surface area contributed by atoms with E-state index in [-0.39, 0.29) is 23.9 Å². The molecule has 0 unspecified atom stereocenters. The first-order chi connectivity index (χ1) is 11.9. The van der Waals surface area contributed by atoms with Gasteiger partial charge in [0.05, 0.1) is 0 Å². The van der Waals surface area contributed by atoms with Gasteiger partial charge in [-0.2, -0.15) is 0 Å². The van der Waals surface area contributed by atoms with Crippen molar-refractivity contribution in [3.8, 4) is 0 Å². The first-order valence-electron chi connectivity index (χ1n) is 9.20. The first-order valence-corrected chi connectivity index (χ1v) is 9.20. The van der Waals surface area contributed by atoms with Gasteiger partial charge in [-0.25, -0.2) is 4.79 Å². The summed E-state index contributed by atoms with van der Waals surface area (Å²) in [5.41, 5.74) is 0.303. The fourth-order valence-electron chi connectivity index (χ4n) is 3.97. The molecule has 1 aromatic heterocycles. The highest BCUT2D eigenvalue weighted by atomic mass is 16.2. The van der Waals surface area contributed by atoms with Crippen LogP contribution in [0.2, 0.25) is 0 Å². The van der Waals surface area contributed by atoms with Crippen molar-refractivity contribution in [1.29, 1.82) is 0 Å². The number of hydrogen-bond donors (Lipinski definition) is 1. The number of carbonyl (C=O) groups excluding carboxylic acids is 2. The van der Waals surface area contributed by atoms with Crippen molar-refractivity contribution in [2.45, 2.75) is 51.6 Å². The van der Waals surface area contributed by atoms with Gasteiger partial charge in [0.25, 0.3) is 5.91 Å². The molecule has 136 valence electrons. The van der Waals surface area contributed by atoms with E-state index in [4.69, 9.17) is 0 Å². The second-order valence-electron chi connectivity index (χ2n) is 7.61. The Morgan fingerprint density at radius 1 is 1.36 bits per heavy atom. The van der Waals surface area contributed by atoms with Crippen LogP contribution < -0.4 is 5.32 Å². The maximum Gasteiger partial charge on any atom is 0.325 e. The molecular weight excluding hydrogens is 316 g/mol. The third kappa shape index (κ3) is 3.54. The molecule has 0 aliphatic carbocycles. The number of nitrogens with one attached hydrogen (secondary N) is 1. The van der Waals surface area contributed by atoms with Gasteiger partial charge in [0.1, 0.15) is 5.54 Å². The summed E-state index contributed by atoms with van der Waals surface area (Å²) >= 11 is 0. The molecule has 6 nitrogen and oxygen atoms in total. The van der Waals surface area contributed by atoms with Gasteiger partial charge in [0.2, 0.25) is 0 Å². The Kier molecular flexibility index (Phi) is 5.08. The van der Waals surface area contributed by atoms with E-state index in [1.54, 1.807) is 0 Å². The zero-order valence-electron chi connectivity index (χ0n) is 15.4. The topological polar surface area (TPSA) is 65.5 Å². The van der Waals surface area contributed by atoms with Gasteiger partial charge < -0.3 is 10.2 Å². The molecule has 0 aromatic carbocycles. The minimum atomic E-state index is -0.787. The smallest absolute Gasteiger partial charge is 0.323 e. The Balaban J connectivity index is 1.65. The predicted molar refractivity (Wildman–Crippen MR) is 96.0 cm³/mol. The van der Waals surface area contributed by atoms with E-state index < -0.39 is 5.54 Å². The van der Waals surface area contributed by atoms with Gasteiger partial charge >= 0.3 is 6.03 Å². The first kappa shape index (κ1) is 17.9. The fourth-order valence-corrected chi connectivity index (χ4v) is 3.97. The van der Waals surface area contributed by atoms with Crippen molar-refractivity contribution in [1.82, 2.24) is 20.1 Å². The van der Waals surface area contributed by atoms with E-state index in [9.17, 15) is 9.59 Å². The number of imide groups is 1. The number of amides is 3. The highest BCUT2D eigenvalue weighted by molar-refractivity contribution is 6.07. The molecule has 0 saturated carbocycles. The maximum atomic E-state index is 12.9. The lowest BCUT2D eigenvalue weighted by Crippen LogP contribution is -2.56. The number of nitrogens with zero attached hydrogens (tertiary/aromatic N) is 3. The van der Waals surface area contributed by atoms with Crippen LogP contribution in [0, 0.1) is 5.92 Å². The summed E-state index contributed by atoms with van der Waals surface area (Å²) in [5.74, 6) is 0.0641. The lowest BCUT2D eigenvalue weighted by molar-refractivity contribution is -0.134. The second kappa shape index (κ2) is 7.12. The molecule has 0 spiro atoms. The molecule has 2 aliphatic rings. The van der Waals surface area contributed by atoms with Gasteiger partial charge in [-0.15, -0.1) is 0 Å². The van der Waals surface area contributed by atoms with Gasteiger partial charge in [0.15, 0.2) is 0 Å². The molecule has 2 atom stereocenters. The third-order valence-electron chi connectivity index (χ3n) is 5.50. The molecule has 2 aliphatic heterocycles. The molecule has 25 heavy (non-hydrogen) atoms. The Labute approximate surface area is 149 Å². The molecule has 6 heteroatoms. The number of pyridine rings is 1. The summed E-state index contributed by atoms with van der Waals surface area (Å²) in [6.45, 7) is 8.45. The lowest BCUT2D eigenvalue weighted by atomic mass is 9.79. The van der Waals surface area contributed by atoms with E-state index in [0.29, 0.717) is 0 Å². The molecule has 0 radical (unpaired) electrons. The Morgan fingerprint density at radius 3 is 2.80 bits per heavy atom. The van der Waals surface area contributed by atoms with E-state index in [1.165, 1.54) is 4.90 Å². The van der Waals surface area contributed by atoms with Crippen molar-refractivity contribution in [3.63, 3.8) is 0 Å². The van der Waals surface area contributed by atoms with Crippen LogP contribution in [-0.2, 0) is 11.2 Å². The highest BCUT2D eigenvalue weighted by Crippen LogP contribution is 2.33. The van der Waals surface area contributed by atoms with Gasteiger partial charge in [0, 0.05) is 43.4 Å². The van der Waals surface area contributed by atoms with Crippen LogP contribution in [0.1, 0.15) is 39.3 Å². The highest BCUT2D eigenvalue weighted by Gasteiger charge is 2.53. The maximum absolute atomic E-state index is 12.9. The Morgan fingerprint density at radius 2 is 2.16 bits per heavy atom. The number of aromatic nitrogens is 1. The molecule has 1 aromatic rings. The monoisotopic (exact) mass is 344 g/mol. The number of piperidine rings is 1. The minimum absolute atomic E-state index is 0.0796. The Hall–Kier alpha value is -1.95.